The molecule has 2 aromatic carbocycles. The van der Waals surface area contributed by atoms with E-state index in [1.54, 1.807) is 6.07 Å². The molecule has 1 unspecified atom stereocenters. The van der Waals surface area contributed by atoms with Gasteiger partial charge < -0.3 is 15.7 Å². The van der Waals surface area contributed by atoms with Gasteiger partial charge in [-0.2, -0.15) is 0 Å². The molecule has 0 saturated heterocycles. The molecule has 0 saturated carbocycles. The van der Waals surface area contributed by atoms with Crippen LogP contribution in [0.25, 0.3) is 0 Å². The molecule has 2 amide bonds. The van der Waals surface area contributed by atoms with Crippen LogP contribution in [0.1, 0.15) is 28.5 Å². The van der Waals surface area contributed by atoms with Crippen molar-refractivity contribution in [1.29, 1.82) is 0 Å². The molecule has 6 heteroatoms. The minimum atomic E-state index is -0.596. The lowest BCUT2D eigenvalue weighted by Crippen LogP contribution is -2.28. The Hall–Kier alpha value is -2.08. The van der Waals surface area contributed by atoms with Crippen molar-refractivity contribution in [3.8, 4) is 0 Å². The third kappa shape index (κ3) is 3.64. The number of hydrogen-bond donors (Lipinski definition) is 4. The molecule has 1 aliphatic heterocycles. The molecule has 120 valence electrons. The van der Waals surface area contributed by atoms with Crippen LogP contribution in [0.2, 0.25) is 5.02 Å². The van der Waals surface area contributed by atoms with E-state index >= 15 is 0 Å². The Morgan fingerprint density at radius 1 is 1.35 bits per heavy atom. The molecule has 2 aromatic rings. The Labute approximate surface area is 139 Å². The fraction of sp³-hybridized carbons (Fsp3) is 0.235. The van der Waals surface area contributed by atoms with Crippen LogP contribution >= 0.6 is 11.6 Å². The molecule has 0 radical (unpaired) electrons. The van der Waals surface area contributed by atoms with Crippen LogP contribution in [0.4, 0.5) is 10.5 Å². The van der Waals surface area contributed by atoms with Gasteiger partial charge in [0.25, 0.3) is 0 Å². The van der Waals surface area contributed by atoms with E-state index in [1.807, 2.05) is 37.3 Å². The number of urea groups is 1. The number of aliphatic hydroxyl groups is 1. The summed E-state index contributed by atoms with van der Waals surface area (Å²) in [6, 6.07) is 10.9. The number of benzene rings is 2. The summed E-state index contributed by atoms with van der Waals surface area (Å²) in [6.07, 6.45) is -0.596. The van der Waals surface area contributed by atoms with Gasteiger partial charge in [0.05, 0.1) is 0 Å². The van der Waals surface area contributed by atoms with E-state index in [0.29, 0.717) is 23.8 Å². The number of carbonyl (C=O) groups is 1. The van der Waals surface area contributed by atoms with E-state index in [1.165, 1.54) is 0 Å². The van der Waals surface area contributed by atoms with Gasteiger partial charge in [0.1, 0.15) is 6.23 Å². The number of anilines is 1. The zero-order chi connectivity index (χ0) is 16.4. The first kappa shape index (κ1) is 15.8. The molecule has 1 atom stereocenters. The van der Waals surface area contributed by atoms with Gasteiger partial charge in [0, 0.05) is 23.8 Å². The molecule has 0 aromatic heterocycles. The predicted molar refractivity (Wildman–Crippen MR) is 90.3 cm³/mol. The quantitative estimate of drug-likeness (QED) is 0.698. The van der Waals surface area contributed by atoms with Crippen molar-refractivity contribution < 1.29 is 9.90 Å². The van der Waals surface area contributed by atoms with Crippen molar-refractivity contribution in [1.82, 2.24) is 10.6 Å². The van der Waals surface area contributed by atoms with Crippen molar-refractivity contribution in [2.24, 2.45) is 0 Å². The average molecular weight is 332 g/mol. The maximum absolute atomic E-state index is 12.0. The van der Waals surface area contributed by atoms with E-state index in [9.17, 15) is 9.90 Å². The Kier molecular flexibility index (Phi) is 4.52. The number of nitrogens with one attached hydrogen (secondary N) is 3. The van der Waals surface area contributed by atoms with Crippen LogP contribution in [0.5, 0.6) is 0 Å². The molecule has 1 heterocycles. The maximum atomic E-state index is 12.0. The molecular weight excluding hydrogens is 314 g/mol. The van der Waals surface area contributed by atoms with Crippen LogP contribution in [0, 0.1) is 6.92 Å². The summed E-state index contributed by atoms with van der Waals surface area (Å²) in [6.45, 7) is 2.96. The van der Waals surface area contributed by atoms with Crippen LogP contribution in [-0.2, 0) is 13.1 Å². The average Bonchev–Trinajstić information content (AvgIpc) is 2.90. The molecular formula is C17H18ClN3O2. The van der Waals surface area contributed by atoms with Gasteiger partial charge in [-0.25, -0.2) is 4.79 Å². The van der Waals surface area contributed by atoms with E-state index < -0.39 is 6.23 Å². The number of aliphatic hydroxyl groups excluding tert-OH is 1. The van der Waals surface area contributed by atoms with Crippen LogP contribution < -0.4 is 16.0 Å². The van der Waals surface area contributed by atoms with Gasteiger partial charge in [-0.15, -0.1) is 0 Å². The summed E-state index contributed by atoms with van der Waals surface area (Å²) >= 11 is 6.04. The topological polar surface area (TPSA) is 73.4 Å². The van der Waals surface area contributed by atoms with Crippen molar-refractivity contribution >= 4 is 23.3 Å². The largest absolute Gasteiger partial charge is 0.374 e. The standard InChI is InChI=1S/C17H18ClN3O2/c1-10-2-4-13(7-15(10)18)21-17(23)20-8-11-3-5-14-12(6-11)9-19-16(14)22/h2-7,16,19,22H,8-9H2,1H3,(H2,20,21,23). The van der Waals surface area contributed by atoms with Gasteiger partial charge in [0.2, 0.25) is 0 Å². The van der Waals surface area contributed by atoms with Crippen molar-refractivity contribution in [2.75, 3.05) is 5.32 Å². The Bertz CT molecular complexity index is 749. The summed E-state index contributed by atoms with van der Waals surface area (Å²) in [4.78, 5) is 12.0. The third-order valence-corrected chi connectivity index (χ3v) is 4.28. The summed E-state index contributed by atoms with van der Waals surface area (Å²) in [5.74, 6) is 0. The fourth-order valence-electron chi connectivity index (χ4n) is 2.53. The summed E-state index contributed by atoms with van der Waals surface area (Å²) in [7, 11) is 0. The number of rotatable bonds is 3. The lowest BCUT2D eigenvalue weighted by Gasteiger charge is -2.10. The highest BCUT2D eigenvalue weighted by Gasteiger charge is 2.19. The van der Waals surface area contributed by atoms with E-state index in [4.69, 9.17) is 11.6 Å². The molecule has 5 nitrogen and oxygen atoms in total. The SMILES string of the molecule is Cc1ccc(NC(=O)NCc2ccc3c(c2)CNC3O)cc1Cl. The molecule has 0 spiro atoms. The lowest BCUT2D eigenvalue weighted by molar-refractivity contribution is 0.151. The fourth-order valence-corrected chi connectivity index (χ4v) is 2.71. The monoisotopic (exact) mass is 331 g/mol. The number of hydrogen-bond acceptors (Lipinski definition) is 3. The highest BCUT2D eigenvalue weighted by molar-refractivity contribution is 6.31. The highest BCUT2D eigenvalue weighted by atomic mass is 35.5. The highest BCUT2D eigenvalue weighted by Crippen LogP contribution is 2.24. The molecule has 0 aliphatic carbocycles. The van der Waals surface area contributed by atoms with Crippen LogP contribution in [-0.4, -0.2) is 11.1 Å². The third-order valence-electron chi connectivity index (χ3n) is 3.87. The minimum absolute atomic E-state index is 0.288. The summed E-state index contributed by atoms with van der Waals surface area (Å²) in [5.41, 5.74) is 4.55. The molecule has 0 fully saturated rings. The first-order valence-electron chi connectivity index (χ1n) is 7.37. The van der Waals surface area contributed by atoms with Gasteiger partial charge in [-0.05, 0) is 41.3 Å². The van der Waals surface area contributed by atoms with E-state index in [2.05, 4.69) is 16.0 Å². The normalized spacial score (nSPS) is 16.0. The predicted octanol–water partition coefficient (Wildman–Crippen LogP) is 3.06. The zero-order valence-electron chi connectivity index (χ0n) is 12.7. The number of aryl methyl sites for hydroxylation is 1. The lowest BCUT2D eigenvalue weighted by atomic mass is 10.1. The maximum Gasteiger partial charge on any atom is 0.319 e. The van der Waals surface area contributed by atoms with Gasteiger partial charge in [0.15, 0.2) is 0 Å². The number of carbonyl (C=O) groups excluding carboxylic acids is 1. The molecule has 1 aliphatic rings. The van der Waals surface area contributed by atoms with Crippen molar-refractivity contribution in [3.63, 3.8) is 0 Å². The number of amides is 2. The van der Waals surface area contributed by atoms with Gasteiger partial charge >= 0.3 is 6.03 Å². The first-order valence-corrected chi connectivity index (χ1v) is 7.75. The van der Waals surface area contributed by atoms with Crippen molar-refractivity contribution in [2.45, 2.75) is 26.2 Å². The molecule has 0 bridgehead atoms. The summed E-state index contributed by atoms with van der Waals surface area (Å²) in [5, 5.41) is 18.8. The molecule has 23 heavy (non-hydrogen) atoms. The van der Waals surface area contributed by atoms with Crippen molar-refractivity contribution in [3.05, 3.63) is 63.7 Å². The zero-order valence-corrected chi connectivity index (χ0v) is 13.4. The second-order valence-corrected chi connectivity index (χ2v) is 6.00. The Morgan fingerprint density at radius 2 is 2.17 bits per heavy atom. The summed E-state index contributed by atoms with van der Waals surface area (Å²) < 4.78 is 0. The van der Waals surface area contributed by atoms with E-state index in [-0.39, 0.29) is 6.03 Å². The number of halogens is 1. The first-order chi connectivity index (χ1) is 11.0. The number of fused-ring (bicyclic) bond motifs is 1. The second-order valence-electron chi connectivity index (χ2n) is 5.59. The van der Waals surface area contributed by atoms with E-state index in [0.717, 1.165) is 22.3 Å². The van der Waals surface area contributed by atoms with Gasteiger partial charge in [-0.1, -0.05) is 35.9 Å². The Balaban J connectivity index is 1.58. The van der Waals surface area contributed by atoms with Crippen LogP contribution in [0.15, 0.2) is 36.4 Å². The Morgan fingerprint density at radius 3 is 2.96 bits per heavy atom. The smallest absolute Gasteiger partial charge is 0.319 e. The molecule has 4 N–H and O–H groups in total. The van der Waals surface area contributed by atoms with Gasteiger partial charge in [-0.3, -0.25) is 5.32 Å². The van der Waals surface area contributed by atoms with Crippen LogP contribution in [0.3, 0.4) is 0 Å². The second kappa shape index (κ2) is 6.58. The molecule has 3 rings (SSSR count). The minimum Gasteiger partial charge on any atom is -0.374 e.